The van der Waals surface area contributed by atoms with Crippen molar-refractivity contribution in [3.8, 4) is 5.75 Å². The van der Waals surface area contributed by atoms with Crippen molar-refractivity contribution in [2.24, 2.45) is 0 Å². The first-order valence-electron chi connectivity index (χ1n) is 8.14. The molecule has 124 valence electrons. The highest BCUT2D eigenvalue weighted by Crippen LogP contribution is 2.45. The van der Waals surface area contributed by atoms with E-state index in [1.165, 1.54) is 0 Å². The maximum Gasteiger partial charge on any atom is 0.323 e. The number of carbonyl (C=O) groups excluding carboxylic acids is 1. The first-order valence-corrected chi connectivity index (χ1v) is 8.14. The number of fused-ring (bicyclic) bond motifs is 2. The highest BCUT2D eigenvalue weighted by molar-refractivity contribution is 5.92. The minimum atomic E-state index is -0.483. The van der Waals surface area contributed by atoms with Crippen molar-refractivity contribution in [3.63, 3.8) is 0 Å². The Morgan fingerprint density at radius 2 is 1.40 bits per heavy atom. The van der Waals surface area contributed by atoms with Crippen LogP contribution in [0, 0.1) is 0 Å². The summed E-state index contributed by atoms with van der Waals surface area (Å²) in [6.07, 6.45) is 0. The van der Waals surface area contributed by atoms with Crippen molar-refractivity contribution in [2.45, 2.75) is 5.92 Å². The number of ether oxygens (including phenoxy) is 1. The van der Waals surface area contributed by atoms with E-state index in [1.54, 1.807) is 18.2 Å². The van der Waals surface area contributed by atoms with Crippen LogP contribution in [-0.2, 0) is 4.79 Å². The highest BCUT2D eigenvalue weighted by Gasteiger charge is 2.34. The molecule has 0 bridgehead atoms. The fourth-order valence-electron chi connectivity index (χ4n) is 3.37. The van der Waals surface area contributed by atoms with Gasteiger partial charge in [-0.2, -0.15) is 0 Å². The molecule has 1 aliphatic rings. The van der Waals surface area contributed by atoms with Gasteiger partial charge in [-0.3, -0.25) is 4.79 Å². The molecule has 25 heavy (non-hydrogen) atoms. The Hall–Kier alpha value is -3.27. The van der Waals surface area contributed by atoms with Gasteiger partial charge < -0.3 is 15.4 Å². The van der Waals surface area contributed by atoms with E-state index in [0.717, 1.165) is 22.5 Å². The van der Waals surface area contributed by atoms with Crippen molar-refractivity contribution < 1.29 is 9.53 Å². The molecule has 0 aromatic heterocycles. The van der Waals surface area contributed by atoms with E-state index < -0.39 is 5.92 Å². The second-order valence-electron chi connectivity index (χ2n) is 6.07. The van der Waals surface area contributed by atoms with Gasteiger partial charge in [0.15, 0.2) is 5.75 Å². The number of esters is 1. The molecule has 0 saturated heterocycles. The molecular formula is C21H18N2O2. The summed E-state index contributed by atoms with van der Waals surface area (Å²) < 4.78 is 5.65. The van der Waals surface area contributed by atoms with E-state index in [1.807, 2.05) is 61.6 Å². The van der Waals surface area contributed by atoms with Crippen LogP contribution in [0.25, 0.3) is 0 Å². The molecule has 3 aromatic carbocycles. The van der Waals surface area contributed by atoms with Crippen LogP contribution in [0.2, 0.25) is 0 Å². The number of hydrogen-bond acceptors (Lipinski definition) is 4. The van der Waals surface area contributed by atoms with Gasteiger partial charge in [-0.25, -0.2) is 0 Å². The molecule has 3 aromatic rings. The molecule has 0 fully saturated rings. The Morgan fingerprint density at radius 3 is 2.00 bits per heavy atom. The second kappa shape index (κ2) is 5.98. The molecule has 2 N–H and O–H groups in total. The summed E-state index contributed by atoms with van der Waals surface area (Å²) in [6, 6.07) is 22.9. The third-order valence-electron chi connectivity index (χ3n) is 4.58. The van der Waals surface area contributed by atoms with Crippen molar-refractivity contribution in [1.29, 1.82) is 0 Å². The second-order valence-corrected chi connectivity index (χ2v) is 6.07. The van der Waals surface area contributed by atoms with Crippen LogP contribution in [0.1, 0.15) is 17.0 Å². The quantitative estimate of drug-likeness (QED) is 0.437. The molecule has 0 aliphatic carbocycles. The lowest BCUT2D eigenvalue weighted by Gasteiger charge is -2.34. The van der Waals surface area contributed by atoms with Gasteiger partial charge in [-0.05, 0) is 35.4 Å². The highest BCUT2D eigenvalue weighted by atomic mass is 16.5. The van der Waals surface area contributed by atoms with Crippen molar-refractivity contribution >= 4 is 23.0 Å². The maximum absolute atomic E-state index is 13.1. The van der Waals surface area contributed by atoms with Crippen LogP contribution in [0.4, 0.5) is 17.1 Å². The largest absolute Gasteiger partial charge is 0.424 e. The molecule has 0 radical (unpaired) electrons. The van der Waals surface area contributed by atoms with Gasteiger partial charge in [0.2, 0.25) is 0 Å². The predicted octanol–water partition coefficient (Wildman–Crippen LogP) is 4.09. The van der Waals surface area contributed by atoms with Crippen LogP contribution < -0.4 is 15.4 Å². The van der Waals surface area contributed by atoms with E-state index in [2.05, 4.69) is 4.90 Å². The van der Waals surface area contributed by atoms with Crippen molar-refractivity contribution in [2.75, 3.05) is 17.7 Å². The van der Waals surface area contributed by atoms with Gasteiger partial charge in [-0.1, -0.05) is 48.5 Å². The number of nitrogens with two attached hydrogens (primary N) is 1. The molecule has 0 atom stereocenters. The normalized spacial score (nSPS) is 13.1. The number of benzene rings is 3. The topological polar surface area (TPSA) is 55.6 Å². The molecule has 0 unspecified atom stereocenters. The summed E-state index contributed by atoms with van der Waals surface area (Å²) in [5.41, 5.74) is 10.2. The monoisotopic (exact) mass is 330 g/mol. The van der Waals surface area contributed by atoms with Crippen molar-refractivity contribution in [1.82, 2.24) is 0 Å². The number of para-hydroxylation sites is 4. The summed E-state index contributed by atoms with van der Waals surface area (Å²) in [7, 11) is 2.01. The third kappa shape index (κ3) is 2.52. The lowest BCUT2D eigenvalue weighted by atomic mass is 9.85. The van der Waals surface area contributed by atoms with Gasteiger partial charge in [0.25, 0.3) is 0 Å². The van der Waals surface area contributed by atoms with E-state index in [9.17, 15) is 4.79 Å². The van der Waals surface area contributed by atoms with Crippen LogP contribution >= 0.6 is 0 Å². The zero-order valence-corrected chi connectivity index (χ0v) is 13.8. The number of rotatable bonds is 2. The Labute approximate surface area is 146 Å². The third-order valence-corrected chi connectivity index (χ3v) is 4.58. The van der Waals surface area contributed by atoms with Crippen molar-refractivity contribution in [3.05, 3.63) is 83.9 Å². The fourth-order valence-corrected chi connectivity index (χ4v) is 3.37. The minimum Gasteiger partial charge on any atom is -0.424 e. The van der Waals surface area contributed by atoms with Gasteiger partial charge in [-0.15, -0.1) is 0 Å². The Bertz CT molecular complexity index is 904. The van der Waals surface area contributed by atoms with E-state index >= 15 is 0 Å². The average molecular weight is 330 g/mol. The molecule has 4 nitrogen and oxygen atoms in total. The Kier molecular flexibility index (Phi) is 3.65. The molecule has 0 amide bonds. The molecule has 4 heteroatoms. The van der Waals surface area contributed by atoms with Crippen LogP contribution in [0.15, 0.2) is 72.8 Å². The van der Waals surface area contributed by atoms with E-state index in [0.29, 0.717) is 11.4 Å². The number of nitrogen functional groups attached to an aromatic ring is 1. The summed E-state index contributed by atoms with van der Waals surface area (Å²) in [5, 5.41) is 0. The molecular weight excluding hydrogens is 312 g/mol. The van der Waals surface area contributed by atoms with Crippen LogP contribution in [-0.4, -0.2) is 13.0 Å². The van der Waals surface area contributed by atoms with Gasteiger partial charge >= 0.3 is 5.97 Å². The van der Waals surface area contributed by atoms with Gasteiger partial charge in [0.05, 0.1) is 5.69 Å². The van der Waals surface area contributed by atoms with Gasteiger partial charge in [0.1, 0.15) is 5.92 Å². The lowest BCUT2D eigenvalue weighted by Crippen LogP contribution is -2.28. The first kappa shape index (κ1) is 15.3. The van der Waals surface area contributed by atoms with E-state index in [4.69, 9.17) is 10.5 Å². The first-order chi connectivity index (χ1) is 12.2. The zero-order valence-electron chi connectivity index (χ0n) is 13.8. The number of nitrogens with zero attached hydrogens (tertiary/aromatic N) is 1. The predicted molar refractivity (Wildman–Crippen MR) is 99.3 cm³/mol. The summed E-state index contributed by atoms with van der Waals surface area (Å²) >= 11 is 0. The van der Waals surface area contributed by atoms with Gasteiger partial charge in [0, 0.05) is 18.4 Å². The van der Waals surface area contributed by atoms with Crippen LogP contribution in [0.5, 0.6) is 5.75 Å². The molecule has 4 rings (SSSR count). The zero-order chi connectivity index (χ0) is 17.4. The SMILES string of the molecule is CN1c2ccccc2C(C(=O)Oc2ccccc2N)c2ccccc21. The smallest absolute Gasteiger partial charge is 0.323 e. The lowest BCUT2D eigenvalue weighted by molar-refractivity contribution is -0.135. The molecule has 0 spiro atoms. The Morgan fingerprint density at radius 1 is 0.880 bits per heavy atom. The maximum atomic E-state index is 13.1. The number of carbonyl (C=O) groups is 1. The molecule has 1 aliphatic heterocycles. The number of hydrogen-bond donors (Lipinski definition) is 1. The summed E-state index contributed by atoms with van der Waals surface area (Å²) in [4.78, 5) is 15.2. The summed E-state index contributed by atoms with van der Waals surface area (Å²) in [5.74, 6) is -0.421. The van der Waals surface area contributed by atoms with Crippen LogP contribution in [0.3, 0.4) is 0 Å². The minimum absolute atomic E-state index is 0.328. The average Bonchev–Trinajstić information content (AvgIpc) is 2.64. The molecule has 0 saturated carbocycles. The number of anilines is 3. The van der Waals surface area contributed by atoms with E-state index in [-0.39, 0.29) is 5.97 Å². The standard InChI is InChI=1S/C21H18N2O2/c1-23-17-11-5-2-8-14(17)20(15-9-3-6-12-18(15)23)21(24)25-19-13-7-4-10-16(19)22/h2-13,20H,22H2,1H3. The summed E-state index contributed by atoms with van der Waals surface area (Å²) in [6.45, 7) is 0. The fraction of sp³-hybridized carbons (Fsp3) is 0.0952. The molecule has 1 heterocycles. The Balaban J connectivity index is 1.80.